The summed E-state index contributed by atoms with van der Waals surface area (Å²) in [4.78, 5) is 24.8. The van der Waals surface area contributed by atoms with Gasteiger partial charge in [0, 0.05) is 11.0 Å². The van der Waals surface area contributed by atoms with Gasteiger partial charge < -0.3 is 14.9 Å². The Morgan fingerprint density at radius 3 is 2.32 bits per heavy atom. The maximum Gasteiger partial charge on any atom is 0.338 e. The van der Waals surface area contributed by atoms with Crippen molar-refractivity contribution in [3.63, 3.8) is 0 Å². The smallest absolute Gasteiger partial charge is 0.338 e. The van der Waals surface area contributed by atoms with Gasteiger partial charge in [-0.15, -0.1) is 3.89 Å². The summed E-state index contributed by atoms with van der Waals surface area (Å²) in [6.45, 7) is 4.72. The summed E-state index contributed by atoms with van der Waals surface area (Å²) in [6.07, 6.45) is 1.79. The molecule has 1 aromatic rings. The summed E-state index contributed by atoms with van der Waals surface area (Å²) in [5.74, 6) is -1.23. The quantitative estimate of drug-likeness (QED) is 0.534. The van der Waals surface area contributed by atoms with Gasteiger partial charge in [0.2, 0.25) is 0 Å². The number of esters is 1. The number of fused-ring (bicyclic) bond motifs is 1. The van der Waals surface area contributed by atoms with Gasteiger partial charge in [-0.1, -0.05) is 11.6 Å². The Morgan fingerprint density at radius 2 is 1.81 bits per heavy atom. The Bertz CT molecular complexity index is 1160. The largest absolute Gasteiger partial charge is 0.461 e. The maximum atomic E-state index is 13.0. The third-order valence-electron chi connectivity index (χ3n) is 7.04. The van der Waals surface area contributed by atoms with E-state index in [1.165, 1.54) is 6.92 Å². The molecule has 1 aromatic carbocycles. The summed E-state index contributed by atoms with van der Waals surface area (Å²) < 4.78 is 40.1. The average Bonchev–Trinajstić information content (AvgIpc) is 3.47. The van der Waals surface area contributed by atoms with Crippen molar-refractivity contribution in [3.8, 4) is 0 Å². The number of aliphatic hydroxyl groups is 2. The number of ether oxygens (including phenoxy) is 1. The number of carbonyl (C=O) groups is 2. The van der Waals surface area contributed by atoms with E-state index in [0.29, 0.717) is 18.4 Å². The summed E-state index contributed by atoms with van der Waals surface area (Å²) >= 11 is 0. The highest BCUT2D eigenvalue weighted by atomic mass is 32.3. The highest BCUT2D eigenvalue weighted by Gasteiger charge is 2.66. The van der Waals surface area contributed by atoms with E-state index in [9.17, 15) is 32.1 Å². The molecule has 31 heavy (non-hydrogen) atoms. The third-order valence-corrected chi connectivity index (χ3v) is 7.87. The first kappa shape index (κ1) is 21.9. The van der Waals surface area contributed by atoms with Crippen molar-refractivity contribution < 1.29 is 36.8 Å². The monoisotopic (exact) mass is 450 g/mol. The van der Waals surface area contributed by atoms with Crippen LogP contribution in [0.15, 0.2) is 52.0 Å². The predicted octanol–water partition coefficient (Wildman–Crippen LogP) is 2.24. The molecule has 4 rings (SSSR count). The molecule has 0 amide bonds. The minimum absolute atomic E-state index is 0.0138. The number of Topliss-reactive ketones (excluding diaryl/α,β-unsaturated/α-hetero) is 1. The van der Waals surface area contributed by atoms with Gasteiger partial charge in [0.1, 0.15) is 12.2 Å². The van der Waals surface area contributed by atoms with Gasteiger partial charge in [0.05, 0.1) is 22.0 Å². The molecule has 9 heteroatoms. The molecule has 3 atom stereocenters. The molecule has 0 radical (unpaired) electrons. The van der Waals surface area contributed by atoms with Crippen LogP contribution in [0, 0.1) is 10.8 Å². The van der Waals surface area contributed by atoms with Crippen molar-refractivity contribution in [2.45, 2.75) is 50.2 Å². The number of halogens is 1. The molecule has 0 unspecified atom stereocenters. The van der Waals surface area contributed by atoms with E-state index in [1.54, 1.807) is 13.0 Å². The average molecular weight is 450 g/mol. The molecule has 3 aliphatic rings. The van der Waals surface area contributed by atoms with E-state index in [1.807, 2.05) is 6.92 Å². The lowest BCUT2D eigenvalue weighted by Crippen LogP contribution is -2.50. The summed E-state index contributed by atoms with van der Waals surface area (Å²) in [7, 11) is -4.87. The molecule has 0 aliphatic heterocycles. The molecule has 0 aromatic heterocycles. The van der Waals surface area contributed by atoms with Crippen molar-refractivity contribution in [1.29, 1.82) is 0 Å². The molecule has 2 N–H and O–H groups in total. The van der Waals surface area contributed by atoms with Crippen LogP contribution in [0.1, 0.15) is 44.0 Å². The first-order chi connectivity index (χ1) is 14.2. The van der Waals surface area contributed by atoms with E-state index in [0.717, 1.165) is 29.8 Å². The molecule has 1 spiro atoms. The molecule has 0 heterocycles. The molecule has 1 fully saturated rings. The van der Waals surface area contributed by atoms with Crippen LogP contribution in [0.25, 0.3) is 0 Å². The van der Waals surface area contributed by atoms with Crippen LogP contribution in [0.2, 0.25) is 0 Å². The van der Waals surface area contributed by atoms with E-state index < -0.39 is 49.4 Å². The first-order valence-corrected chi connectivity index (χ1v) is 11.2. The minimum atomic E-state index is -4.87. The van der Waals surface area contributed by atoms with Crippen LogP contribution >= 0.6 is 0 Å². The Morgan fingerprint density at radius 1 is 1.23 bits per heavy atom. The number of benzene rings is 1. The lowest BCUT2D eigenvalue weighted by Gasteiger charge is -2.39. The van der Waals surface area contributed by atoms with Crippen LogP contribution in [0.5, 0.6) is 0 Å². The molecule has 0 bridgehead atoms. The van der Waals surface area contributed by atoms with Gasteiger partial charge in [-0.2, -0.15) is 8.42 Å². The van der Waals surface area contributed by atoms with Gasteiger partial charge in [-0.05, 0) is 63.5 Å². The van der Waals surface area contributed by atoms with Crippen LogP contribution in [-0.2, 0) is 19.8 Å². The molecule has 166 valence electrons. The topological polar surface area (TPSA) is 118 Å². The number of carbonyl (C=O) groups excluding carboxylic acids is 2. The molecule has 0 saturated heterocycles. The Kier molecular flexibility index (Phi) is 4.63. The highest BCUT2D eigenvalue weighted by molar-refractivity contribution is 7.86. The van der Waals surface area contributed by atoms with Gasteiger partial charge >= 0.3 is 16.2 Å². The van der Waals surface area contributed by atoms with Crippen molar-refractivity contribution in [2.24, 2.45) is 10.8 Å². The van der Waals surface area contributed by atoms with E-state index in [-0.39, 0.29) is 17.7 Å². The van der Waals surface area contributed by atoms with Crippen LogP contribution < -0.4 is 0 Å². The van der Waals surface area contributed by atoms with E-state index in [2.05, 4.69) is 0 Å². The summed E-state index contributed by atoms with van der Waals surface area (Å²) in [5.41, 5.74) is -1.75. The van der Waals surface area contributed by atoms with Crippen LogP contribution in [-0.4, -0.2) is 48.7 Å². The molecular weight excluding hydrogens is 427 g/mol. The predicted molar refractivity (Wildman–Crippen MR) is 107 cm³/mol. The van der Waals surface area contributed by atoms with Gasteiger partial charge in [0.15, 0.2) is 5.78 Å². The fraction of sp³-hybridized carbons (Fsp3) is 0.455. The van der Waals surface area contributed by atoms with E-state index in [4.69, 9.17) is 4.74 Å². The molecule has 7 nitrogen and oxygen atoms in total. The number of aliphatic hydroxyl groups excluding tert-OH is 1. The zero-order chi connectivity index (χ0) is 23.0. The molecule has 1 saturated carbocycles. The SMILES string of the molecule is CC1=C2C(=C[C@](C)(COC(=O)c3ccc(S(=O)(=O)F)cc3)[C@@H]2O)C(=O)[C@@](C)(O)C12CC2. The Labute approximate surface area is 179 Å². The van der Waals surface area contributed by atoms with Crippen molar-refractivity contribution in [3.05, 3.63) is 52.6 Å². The van der Waals surface area contributed by atoms with Crippen molar-refractivity contribution >= 4 is 22.0 Å². The molecular formula is C22H23FO7S. The zero-order valence-corrected chi connectivity index (χ0v) is 18.1. The Balaban J connectivity index is 1.57. The second kappa shape index (κ2) is 6.57. The van der Waals surface area contributed by atoms with Gasteiger partial charge in [-0.3, -0.25) is 4.79 Å². The molecule has 3 aliphatic carbocycles. The van der Waals surface area contributed by atoms with E-state index >= 15 is 0 Å². The van der Waals surface area contributed by atoms with Crippen molar-refractivity contribution in [1.82, 2.24) is 0 Å². The van der Waals surface area contributed by atoms with Gasteiger partial charge in [0.25, 0.3) is 0 Å². The second-order valence-corrected chi connectivity index (χ2v) is 10.4. The minimum Gasteiger partial charge on any atom is -0.461 e. The lowest BCUT2D eigenvalue weighted by molar-refractivity contribution is -0.138. The summed E-state index contributed by atoms with van der Waals surface area (Å²) in [5, 5.41) is 21.9. The fourth-order valence-corrected chi connectivity index (χ4v) is 5.29. The summed E-state index contributed by atoms with van der Waals surface area (Å²) in [6, 6.07) is 4.17. The maximum absolute atomic E-state index is 13.0. The van der Waals surface area contributed by atoms with Crippen molar-refractivity contribution in [2.75, 3.05) is 6.61 Å². The second-order valence-electron chi connectivity index (χ2n) is 9.03. The van der Waals surface area contributed by atoms with Gasteiger partial charge in [-0.25, -0.2) is 4.79 Å². The van der Waals surface area contributed by atoms with Crippen LogP contribution in [0.3, 0.4) is 0 Å². The van der Waals surface area contributed by atoms with Crippen LogP contribution in [0.4, 0.5) is 3.89 Å². The standard InChI is InChI=1S/C22H23FO7S/c1-12-16-15(17(24)21(3,27)22(12)8-9-22)10-20(2,18(16)25)11-30-19(26)13-4-6-14(7-5-13)31(23,28)29/h4-7,10,18,25,27H,8-9,11H2,1-3H3/t18-,20-,21-/m1/s1. The number of hydrogen-bond donors (Lipinski definition) is 2. The normalized spacial score (nSPS) is 31.5. The number of hydrogen-bond acceptors (Lipinski definition) is 7. The third kappa shape index (κ3) is 3.09. The number of ketones is 1. The number of rotatable bonds is 4. The first-order valence-electron chi connectivity index (χ1n) is 9.86. The fourth-order valence-electron chi connectivity index (χ4n) is 4.83. The Hall–Kier alpha value is -2.36. The lowest BCUT2D eigenvalue weighted by atomic mass is 9.67. The highest BCUT2D eigenvalue weighted by Crippen LogP contribution is 2.65. The zero-order valence-electron chi connectivity index (χ0n) is 17.3.